The summed E-state index contributed by atoms with van der Waals surface area (Å²) in [5, 5.41) is 16.3. The number of carbonyl (C=O) groups is 2. The summed E-state index contributed by atoms with van der Waals surface area (Å²) in [6.07, 6.45) is 0. The molecule has 2 amide bonds. The van der Waals surface area contributed by atoms with E-state index in [1.54, 1.807) is 6.07 Å². The number of nitro benzene ring substituents is 1. The maximum atomic E-state index is 12.5. The van der Waals surface area contributed by atoms with Gasteiger partial charge in [-0.25, -0.2) is 0 Å². The summed E-state index contributed by atoms with van der Waals surface area (Å²) in [5.41, 5.74) is 3.78. The van der Waals surface area contributed by atoms with Crippen molar-refractivity contribution >= 4 is 23.2 Å². The number of anilines is 1. The van der Waals surface area contributed by atoms with E-state index in [2.05, 4.69) is 10.6 Å². The lowest BCUT2D eigenvalue weighted by molar-refractivity contribution is -0.384. The molecule has 0 fully saturated rings. The average Bonchev–Trinajstić information content (AvgIpc) is 3.11. The second-order valence-corrected chi connectivity index (χ2v) is 6.32. The number of fused-ring (bicyclic) bond motifs is 1. The van der Waals surface area contributed by atoms with Gasteiger partial charge in [-0.3, -0.25) is 19.7 Å². The van der Waals surface area contributed by atoms with Crippen LogP contribution in [0.5, 0.6) is 0 Å². The number of hydrogen-bond donors (Lipinski definition) is 2. The molecule has 0 radical (unpaired) electrons. The van der Waals surface area contributed by atoms with Crippen molar-refractivity contribution in [3.8, 4) is 11.1 Å². The number of non-ortho nitro benzene ring substituents is 1. The molecule has 0 saturated heterocycles. The Morgan fingerprint density at radius 2 is 1.71 bits per heavy atom. The number of nitro groups is 1. The van der Waals surface area contributed by atoms with Gasteiger partial charge >= 0.3 is 0 Å². The molecule has 0 bridgehead atoms. The monoisotopic (exact) mass is 373 g/mol. The predicted molar refractivity (Wildman–Crippen MR) is 104 cm³/mol. The van der Waals surface area contributed by atoms with Crippen molar-refractivity contribution in [3.63, 3.8) is 0 Å². The van der Waals surface area contributed by atoms with Crippen LogP contribution in [0.15, 0.2) is 66.7 Å². The van der Waals surface area contributed by atoms with Crippen LogP contribution in [0.3, 0.4) is 0 Å². The summed E-state index contributed by atoms with van der Waals surface area (Å²) in [6, 6.07) is 18.6. The summed E-state index contributed by atoms with van der Waals surface area (Å²) < 4.78 is 0. The molecule has 1 heterocycles. The van der Waals surface area contributed by atoms with E-state index in [0.29, 0.717) is 17.8 Å². The van der Waals surface area contributed by atoms with Crippen LogP contribution in [0, 0.1) is 10.1 Å². The number of hydrogen-bond acceptors (Lipinski definition) is 4. The van der Waals surface area contributed by atoms with Gasteiger partial charge in [0.25, 0.3) is 17.5 Å². The summed E-state index contributed by atoms with van der Waals surface area (Å²) >= 11 is 0. The van der Waals surface area contributed by atoms with Crippen LogP contribution in [0.4, 0.5) is 11.4 Å². The number of amides is 2. The Labute approximate surface area is 160 Å². The molecule has 0 unspecified atom stereocenters. The highest BCUT2D eigenvalue weighted by Gasteiger charge is 2.26. The van der Waals surface area contributed by atoms with Crippen molar-refractivity contribution in [1.82, 2.24) is 5.32 Å². The number of benzene rings is 3. The zero-order chi connectivity index (χ0) is 19.7. The molecule has 7 heteroatoms. The van der Waals surface area contributed by atoms with Crippen molar-refractivity contribution in [3.05, 3.63) is 93.5 Å². The third kappa shape index (κ3) is 3.09. The molecule has 0 saturated carbocycles. The van der Waals surface area contributed by atoms with Crippen LogP contribution in [-0.2, 0) is 6.54 Å². The fourth-order valence-corrected chi connectivity index (χ4v) is 3.27. The predicted octanol–water partition coefficient (Wildman–Crippen LogP) is 3.76. The SMILES string of the molecule is O=C(Nc1ccc(-c2ccccc2)c2c1C(=O)NC2)c1ccc([N+](=O)[O-])cc1. The van der Waals surface area contributed by atoms with E-state index in [-0.39, 0.29) is 17.2 Å². The third-order valence-electron chi connectivity index (χ3n) is 4.64. The van der Waals surface area contributed by atoms with E-state index < -0.39 is 10.8 Å². The molecule has 1 aliphatic heterocycles. The van der Waals surface area contributed by atoms with Gasteiger partial charge in [-0.05, 0) is 34.9 Å². The molecule has 138 valence electrons. The molecule has 4 rings (SSSR count). The van der Waals surface area contributed by atoms with Crippen LogP contribution in [0.1, 0.15) is 26.3 Å². The van der Waals surface area contributed by atoms with E-state index in [0.717, 1.165) is 16.7 Å². The van der Waals surface area contributed by atoms with Crippen LogP contribution in [0.25, 0.3) is 11.1 Å². The lowest BCUT2D eigenvalue weighted by atomic mass is 9.95. The number of rotatable bonds is 4. The minimum Gasteiger partial charge on any atom is -0.348 e. The molecule has 1 aliphatic rings. The van der Waals surface area contributed by atoms with Gasteiger partial charge in [-0.15, -0.1) is 0 Å². The first kappa shape index (κ1) is 17.4. The first-order valence-electron chi connectivity index (χ1n) is 8.60. The van der Waals surface area contributed by atoms with Gasteiger partial charge in [0, 0.05) is 24.2 Å². The number of nitrogens with zero attached hydrogens (tertiary/aromatic N) is 1. The Morgan fingerprint density at radius 3 is 2.39 bits per heavy atom. The summed E-state index contributed by atoms with van der Waals surface area (Å²) in [4.78, 5) is 35.1. The summed E-state index contributed by atoms with van der Waals surface area (Å²) in [6.45, 7) is 0.389. The largest absolute Gasteiger partial charge is 0.348 e. The molecule has 28 heavy (non-hydrogen) atoms. The minimum atomic E-state index is -0.527. The average molecular weight is 373 g/mol. The Bertz CT molecular complexity index is 1090. The first-order valence-corrected chi connectivity index (χ1v) is 8.60. The Kier molecular flexibility index (Phi) is 4.33. The van der Waals surface area contributed by atoms with Crippen molar-refractivity contribution in [2.75, 3.05) is 5.32 Å². The molecule has 0 aliphatic carbocycles. The van der Waals surface area contributed by atoms with Crippen molar-refractivity contribution in [2.45, 2.75) is 6.54 Å². The molecule has 7 nitrogen and oxygen atoms in total. The highest BCUT2D eigenvalue weighted by molar-refractivity contribution is 6.11. The zero-order valence-corrected chi connectivity index (χ0v) is 14.6. The first-order chi connectivity index (χ1) is 13.5. The van der Waals surface area contributed by atoms with E-state index in [1.807, 2.05) is 36.4 Å². The number of nitrogens with one attached hydrogen (secondary N) is 2. The second kappa shape index (κ2) is 6.96. The standard InChI is InChI=1S/C21H15N3O4/c25-20(14-6-8-15(9-7-14)24(27)28)23-18-11-10-16(13-4-2-1-3-5-13)17-12-22-21(26)19(17)18/h1-11H,12H2,(H,22,26)(H,23,25). The highest BCUT2D eigenvalue weighted by Crippen LogP contribution is 2.34. The fraction of sp³-hybridized carbons (Fsp3) is 0.0476. The lowest BCUT2D eigenvalue weighted by Gasteiger charge is -2.13. The van der Waals surface area contributed by atoms with Crippen LogP contribution >= 0.6 is 0 Å². The quantitative estimate of drug-likeness (QED) is 0.537. The Morgan fingerprint density at radius 1 is 1.00 bits per heavy atom. The van der Waals surface area contributed by atoms with E-state index >= 15 is 0 Å². The molecular formula is C21H15N3O4. The van der Waals surface area contributed by atoms with Gasteiger partial charge in [0.15, 0.2) is 0 Å². The van der Waals surface area contributed by atoms with Crippen LogP contribution in [-0.4, -0.2) is 16.7 Å². The molecule has 0 aromatic heterocycles. The van der Waals surface area contributed by atoms with Gasteiger partial charge in [-0.1, -0.05) is 36.4 Å². The molecular weight excluding hydrogens is 358 g/mol. The van der Waals surface area contributed by atoms with Gasteiger partial charge in [0.1, 0.15) is 0 Å². The zero-order valence-electron chi connectivity index (χ0n) is 14.6. The van der Waals surface area contributed by atoms with Gasteiger partial charge in [-0.2, -0.15) is 0 Å². The third-order valence-corrected chi connectivity index (χ3v) is 4.64. The molecule has 2 N–H and O–H groups in total. The van der Waals surface area contributed by atoms with E-state index in [1.165, 1.54) is 24.3 Å². The fourth-order valence-electron chi connectivity index (χ4n) is 3.27. The van der Waals surface area contributed by atoms with Gasteiger partial charge in [0.05, 0.1) is 16.2 Å². The van der Waals surface area contributed by atoms with Crippen molar-refractivity contribution < 1.29 is 14.5 Å². The smallest absolute Gasteiger partial charge is 0.269 e. The maximum absolute atomic E-state index is 12.5. The topological polar surface area (TPSA) is 101 Å². The second-order valence-electron chi connectivity index (χ2n) is 6.32. The lowest BCUT2D eigenvalue weighted by Crippen LogP contribution is -2.17. The van der Waals surface area contributed by atoms with E-state index in [9.17, 15) is 19.7 Å². The highest BCUT2D eigenvalue weighted by atomic mass is 16.6. The Hall–Kier alpha value is -4.00. The number of carbonyl (C=O) groups excluding carboxylic acids is 2. The van der Waals surface area contributed by atoms with E-state index in [4.69, 9.17) is 0 Å². The van der Waals surface area contributed by atoms with Crippen LogP contribution in [0.2, 0.25) is 0 Å². The molecule has 0 atom stereocenters. The summed E-state index contributed by atoms with van der Waals surface area (Å²) in [5.74, 6) is -0.684. The molecule has 3 aromatic carbocycles. The maximum Gasteiger partial charge on any atom is 0.269 e. The van der Waals surface area contributed by atoms with Crippen molar-refractivity contribution in [2.24, 2.45) is 0 Å². The van der Waals surface area contributed by atoms with Crippen molar-refractivity contribution in [1.29, 1.82) is 0 Å². The normalized spacial score (nSPS) is 12.2. The summed E-state index contributed by atoms with van der Waals surface area (Å²) in [7, 11) is 0. The molecule has 3 aromatic rings. The Balaban J connectivity index is 1.67. The molecule has 0 spiro atoms. The minimum absolute atomic E-state index is 0.0935. The van der Waals surface area contributed by atoms with Gasteiger partial charge in [0.2, 0.25) is 0 Å². The van der Waals surface area contributed by atoms with Gasteiger partial charge < -0.3 is 10.6 Å². The van der Waals surface area contributed by atoms with Crippen LogP contribution < -0.4 is 10.6 Å².